The van der Waals surface area contributed by atoms with Crippen molar-refractivity contribution in [2.75, 3.05) is 27.2 Å². The molecule has 0 atom stereocenters. The second-order valence-corrected chi connectivity index (χ2v) is 6.45. The van der Waals surface area contributed by atoms with Crippen molar-refractivity contribution in [3.8, 4) is 0 Å². The fourth-order valence-corrected chi connectivity index (χ4v) is 2.81. The van der Waals surface area contributed by atoms with Crippen molar-refractivity contribution in [1.82, 2.24) is 15.5 Å². The third kappa shape index (κ3) is 3.72. The van der Waals surface area contributed by atoms with E-state index in [2.05, 4.69) is 10.6 Å². The van der Waals surface area contributed by atoms with Crippen LogP contribution in [0.25, 0.3) is 0 Å². The first kappa shape index (κ1) is 15.3. The first-order valence-electron chi connectivity index (χ1n) is 7.78. The Hall–Kier alpha value is -1.10. The second-order valence-electron chi connectivity index (χ2n) is 6.45. The minimum atomic E-state index is -0.760. The number of likely N-dealkylation sites (N-methyl/N-ethyl adjacent to an activating group) is 1. The number of hydrogen-bond acceptors (Lipinski definition) is 3. The van der Waals surface area contributed by atoms with Gasteiger partial charge in [0, 0.05) is 19.1 Å². The Kier molecular flexibility index (Phi) is 5.02. The predicted molar refractivity (Wildman–Crippen MR) is 78.2 cm³/mol. The minimum absolute atomic E-state index is 0.0493. The second kappa shape index (κ2) is 6.57. The highest BCUT2D eigenvalue weighted by molar-refractivity contribution is 6.07. The van der Waals surface area contributed by atoms with Crippen LogP contribution in [0.2, 0.25) is 0 Å². The molecule has 2 aliphatic rings. The van der Waals surface area contributed by atoms with Gasteiger partial charge in [-0.2, -0.15) is 0 Å². The topological polar surface area (TPSA) is 61.4 Å². The third-order valence-corrected chi connectivity index (χ3v) is 4.40. The molecule has 2 aliphatic carbocycles. The highest BCUT2D eigenvalue weighted by Crippen LogP contribution is 2.46. The molecule has 2 amide bonds. The fourth-order valence-electron chi connectivity index (χ4n) is 2.81. The van der Waals surface area contributed by atoms with E-state index in [9.17, 15) is 9.59 Å². The Morgan fingerprint density at radius 2 is 1.75 bits per heavy atom. The van der Waals surface area contributed by atoms with Gasteiger partial charge in [0.15, 0.2) is 0 Å². The van der Waals surface area contributed by atoms with Gasteiger partial charge < -0.3 is 15.5 Å². The molecule has 0 aromatic heterocycles. The van der Waals surface area contributed by atoms with Crippen LogP contribution >= 0.6 is 0 Å². The van der Waals surface area contributed by atoms with Gasteiger partial charge in [0.05, 0.1) is 0 Å². The van der Waals surface area contributed by atoms with Crippen LogP contribution in [0.15, 0.2) is 0 Å². The molecule has 0 bridgehead atoms. The van der Waals surface area contributed by atoms with Crippen molar-refractivity contribution in [2.45, 2.75) is 51.0 Å². The summed E-state index contributed by atoms with van der Waals surface area (Å²) >= 11 is 0. The number of carbonyl (C=O) groups is 2. The maximum Gasteiger partial charge on any atom is 0.235 e. The maximum atomic E-state index is 12.4. The summed E-state index contributed by atoms with van der Waals surface area (Å²) in [5, 5.41) is 5.99. The molecule has 0 heterocycles. The predicted octanol–water partition coefficient (Wildman–Crippen LogP) is 0.893. The average molecular weight is 281 g/mol. The van der Waals surface area contributed by atoms with E-state index in [4.69, 9.17) is 0 Å². The van der Waals surface area contributed by atoms with E-state index in [1.54, 1.807) is 0 Å². The Morgan fingerprint density at radius 3 is 2.30 bits per heavy atom. The molecule has 0 aromatic carbocycles. The van der Waals surface area contributed by atoms with Crippen LogP contribution in [0.3, 0.4) is 0 Å². The van der Waals surface area contributed by atoms with Crippen molar-refractivity contribution in [3.63, 3.8) is 0 Å². The van der Waals surface area contributed by atoms with Crippen LogP contribution in [0.5, 0.6) is 0 Å². The number of rotatable bonds is 6. The van der Waals surface area contributed by atoms with Gasteiger partial charge in [-0.05, 0) is 39.8 Å². The Labute approximate surface area is 121 Å². The summed E-state index contributed by atoms with van der Waals surface area (Å²) in [6.07, 6.45) is 7.15. The molecule has 0 saturated heterocycles. The molecule has 2 saturated carbocycles. The first-order chi connectivity index (χ1) is 9.54. The van der Waals surface area contributed by atoms with Crippen molar-refractivity contribution < 1.29 is 9.59 Å². The standard InChI is InChI=1S/C15H27N3O2/c1-18(2)11-10-16-13(19)15(8-9-15)14(20)17-12-6-4-3-5-7-12/h12H,3-11H2,1-2H3,(H,16,19)(H,17,20). The van der Waals surface area contributed by atoms with Crippen molar-refractivity contribution in [3.05, 3.63) is 0 Å². The molecular weight excluding hydrogens is 254 g/mol. The Balaban J connectivity index is 1.79. The molecule has 0 radical (unpaired) electrons. The van der Waals surface area contributed by atoms with Crippen LogP contribution in [-0.4, -0.2) is 49.9 Å². The van der Waals surface area contributed by atoms with E-state index in [1.165, 1.54) is 19.3 Å². The summed E-state index contributed by atoms with van der Waals surface area (Å²) in [4.78, 5) is 26.6. The minimum Gasteiger partial charge on any atom is -0.354 e. The highest BCUT2D eigenvalue weighted by Gasteiger charge is 2.56. The lowest BCUT2D eigenvalue weighted by molar-refractivity contribution is -0.137. The normalized spacial score (nSPS) is 21.6. The van der Waals surface area contributed by atoms with Crippen LogP contribution in [0.1, 0.15) is 44.9 Å². The zero-order chi connectivity index (χ0) is 14.6. The molecule has 2 fully saturated rings. The summed E-state index contributed by atoms with van der Waals surface area (Å²) < 4.78 is 0. The van der Waals surface area contributed by atoms with Gasteiger partial charge in [0.25, 0.3) is 0 Å². The first-order valence-corrected chi connectivity index (χ1v) is 7.78. The van der Waals surface area contributed by atoms with Gasteiger partial charge >= 0.3 is 0 Å². The molecule has 5 nitrogen and oxygen atoms in total. The quantitative estimate of drug-likeness (QED) is 0.711. The van der Waals surface area contributed by atoms with E-state index in [0.29, 0.717) is 19.4 Å². The van der Waals surface area contributed by atoms with Gasteiger partial charge in [-0.25, -0.2) is 0 Å². The molecule has 0 aromatic rings. The summed E-state index contributed by atoms with van der Waals surface area (Å²) in [6.45, 7) is 1.40. The van der Waals surface area contributed by atoms with Crippen molar-refractivity contribution >= 4 is 11.8 Å². The smallest absolute Gasteiger partial charge is 0.235 e. The number of carbonyl (C=O) groups excluding carboxylic acids is 2. The zero-order valence-electron chi connectivity index (χ0n) is 12.7. The number of nitrogens with zero attached hydrogens (tertiary/aromatic N) is 1. The van der Waals surface area contributed by atoms with Gasteiger partial charge in [-0.15, -0.1) is 0 Å². The van der Waals surface area contributed by atoms with E-state index in [0.717, 1.165) is 19.4 Å². The molecule has 2 rings (SSSR count). The lowest BCUT2D eigenvalue weighted by atomic mass is 9.94. The zero-order valence-corrected chi connectivity index (χ0v) is 12.7. The highest BCUT2D eigenvalue weighted by atomic mass is 16.2. The SMILES string of the molecule is CN(C)CCNC(=O)C1(C(=O)NC2CCCCC2)CC1. The third-order valence-electron chi connectivity index (χ3n) is 4.40. The maximum absolute atomic E-state index is 12.4. The average Bonchev–Trinajstić information content (AvgIpc) is 3.21. The van der Waals surface area contributed by atoms with Crippen LogP contribution in [0, 0.1) is 5.41 Å². The summed E-state index contributed by atoms with van der Waals surface area (Å²) in [5.41, 5.74) is -0.760. The summed E-state index contributed by atoms with van der Waals surface area (Å²) in [5.74, 6) is -0.139. The van der Waals surface area contributed by atoms with Crippen LogP contribution in [-0.2, 0) is 9.59 Å². The largest absolute Gasteiger partial charge is 0.354 e. The lowest BCUT2D eigenvalue weighted by Gasteiger charge is -2.25. The van der Waals surface area contributed by atoms with Gasteiger partial charge in [-0.1, -0.05) is 19.3 Å². The van der Waals surface area contributed by atoms with Crippen LogP contribution < -0.4 is 10.6 Å². The summed E-state index contributed by atoms with van der Waals surface area (Å²) in [6, 6.07) is 0.281. The summed E-state index contributed by atoms with van der Waals surface area (Å²) in [7, 11) is 3.93. The monoisotopic (exact) mass is 281 g/mol. The van der Waals surface area contributed by atoms with Gasteiger partial charge in [0.2, 0.25) is 11.8 Å². The van der Waals surface area contributed by atoms with Gasteiger partial charge in [-0.3, -0.25) is 9.59 Å². The Morgan fingerprint density at radius 1 is 1.10 bits per heavy atom. The molecule has 2 N–H and O–H groups in total. The molecule has 5 heteroatoms. The molecular formula is C15H27N3O2. The van der Waals surface area contributed by atoms with E-state index in [1.807, 2.05) is 19.0 Å². The number of hydrogen-bond donors (Lipinski definition) is 2. The van der Waals surface area contributed by atoms with Crippen molar-refractivity contribution in [1.29, 1.82) is 0 Å². The molecule has 20 heavy (non-hydrogen) atoms. The van der Waals surface area contributed by atoms with Crippen LogP contribution in [0.4, 0.5) is 0 Å². The Bertz CT molecular complexity index is 358. The number of amides is 2. The molecule has 114 valence electrons. The molecule has 0 aliphatic heterocycles. The lowest BCUT2D eigenvalue weighted by Crippen LogP contribution is -2.47. The van der Waals surface area contributed by atoms with Crippen molar-refractivity contribution in [2.24, 2.45) is 5.41 Å². The van der Waals surface area contributed by atoms with E-state index < -0.39 is 5.41 Å². The van der Waals surface area contributed by atoms with E-state index in [-0.39, 0.29) is 17.9 Å². The number of nitrogens with one attached hydrogen (secondary N) is 2. The molecule has 0 spiro atoms. The van der Waals surface area contributed by atoms with E-state index >= 15 is 0 Å². The fraction of sp³-hybridized carbons (Fsp3) is 0.867. The van der Waals surface area contributed by atoms with Gasteiger partial charge in [0.1, 0.15) is 5.41 Å². The molecule has 0 unspecified atom stereocenters.